The molecule has 0 saturated carbocycles. The number of hydrogen-bond acceptors (Lipinski definition) is 4. The Morgan fingerprint density at radius 1 is 1.30 bits per heavy atom. The number of carbonyl (C=O) groups excluding carboxylic acids is 1. The number of nitrogens with zero attached hydrogens (tertiary/aromatic N) is 3. The Hall–Kier alpha value is -2.28. The van der Waals surface area contributed by atoms with Crippen molar-refractivity contribution in [3.63, 3.8) is 0 Å². The molecule has 0 fully saturated rings. The van der Waals surface area contributed by atoms with Gasteiger partial charge in [0.05, 0.1) is 18.4 Å². The van der Waals surface area contributed by atoms with Crippen LogP contribution >= 0.6 is 0 Å². The number of rotatable bonds is 7. The van der Waals surface area contributed by atoms with E-state index in [1.807, 2.05) is 13.8 Å². The van der Waals surface area contributed by atoms with Crippen molar-refractivity contribution < 1.29 is 9.18 Å². The average Bonchev–Trinajstić information content (AvgIpc) is 3.09. The van der Waals surface area contributed by atoms with Crippen LogP contribution < -0.4 is 11.1 Å². The molecule has 0 radical (unpaired) electrons. The first kappa shape index (κ1) is 17.1. The van der Waals surface area contributed by atoms with Crippen LogP contribution in [0, 0.1) is 11.7 Å². The van der Waals surface area contributed by atoms with E-state index in [0.717, 1.165) is 12.0 Å². The smallest absolute Gasteiger partial charge is 0.238 e. The Labute approximate surface area is 134 Å². The van der Waals surface area contributed by atoms with Gasteiger partial charge in [0.25, 0.3) is 0 Å². The van der Waals surface area contributed by atoms with Crippen LogP contribution in [0.15, 0.2) is 36.7 Å². The first-order valence-corrected chi connectivity index (χ1v) is 7.67. The molecule has 6 nitrogen and oxygen atoms in total. The molecule has 23 heavy (non-hydrogen) atoms. The number of hydrogen-bond donors (Lipinski definition) is 2. The molecular weight excluding hydrogens is 297 g/mol. The standard InChI is InChI=1S/C16H22FN5O/c1-3-11(2)15(18)16(23)21-14(22-19-8-9-20-22)10-12-4-6-13(17)7-5-12/h4-9,11,14-15H,3,10,18H2,1-2H3,(H,21,23)/t11-,14-,15-/m0/s1. The molecule has 0 spiro atoms. The Morgan fingerprint density at radius 3 is 2.48 bits per heavy atom. The molecule has 7 heteroatoms. The lowest BCUT2D eigenvalue weighted by Crippen LogP contribution is -2.47. The molecule has 0 aliphatic carbocycles. The summed E-state index contributed by atoms with van der Waals surface area (Å²) in [4.78, 5) is 13.7. The number of amides is 1. The lowest BCUT2D eigenvalue weighted by Gasteiger charge is -2.23. The van der Waals surface area contributed by atoms with Gasteiger partial charge < -0.3 is 11.1 Å². The maximum atomic E-state index is 13.0. The van der Waals surface area contributed by atoms with Gasteiger partial charge in [-0.25, -0.2) is 4.39 Å². The summed E-state index contributed by atoms with van der Waals surface area (Å²) in [6.45, 7) is 3.92. The summed E-state index contributed by atoms with van der Waals surface area (Å²) in [7, 11) is 0. The summed E-state index contributed by atoms with van der Waals surface area (Å²) in [5.74, 6) is -0.471. The molecule has 0 aliphatic rings. The van der Waals surface area contributed by atoms with E-state index in [2.05, 4.69) is 15.5 Å². The van der Waals surface area contributed by atoms with E-state index in [-0.39, 0.29) is 17.6 Å². The number of benzene rings is 1. The molecule has 124 valence electrons. The Bertz CT molecular complexity index is 614. The molecule has 1 heterocycles. The molecule has 1 aromatic carbocycles. The number of nitrogens with two attached hydrogens (primary N) is 1. The summed E-state index contributed by atoms with van der Waals surface area (Å²) in [6.07, 6.45) is 3.86. The van der Waals surface area contributed by atoms with Gasteiger partial charge in [0.1, 0.15) is 12.0 Å². The summed E-state index contributed by atoms with van der Waals surface area (Å²) in [5.41, 5.74) is 6.84. The summed E-state index contributed by atoms with van der Waals surface area (Å²) >= 11 is 0. The summed E-state index contributed by atoms with van der Waals surface area (Å²) in [6, 6.07) is 5.52. The predicted molar refractivity (Wildman–Crippen MR) is 84.7 cm³/mol. The number of aromatic nitrogens is 3. The first-order chi connectivity index (χ1) is 11.0. The SMILES string of the molecule is CC[C@H](C)[C@H](N)C(=O)N[C@H](Cc1ccc(F)cc1)n1nccn1. The third-order valence-corrected chi connectivity index (χ3v) is 3.93. The second kappa shape index (κ2) is 7.82. The van der Waals surface area contributed by atoms with E-state index >= 15 is 0 Å². The van der Waals surface area contributed by atoms with Crippen LogP contribution in [0.4, 0.5) is 4.39 Å². The van der Waals surface area contributed by atoms with Crippen molar-refractivity contribution in [2.24, 2.45) is 11.7 Å². The fraction of sp³-hybridized carbons (Fsp3) is 0.438. The molecule has 2 rings (SSSR count). The van der Waals surface area contributed by atoms with Gasteiger partial charge in [-0.15, -0.1) is 0 Å². The Kier molecular flexibility index (Phi) is 5.81. The van der Waals surface area contributed by atoms with E-state index in [4.69, 9.17) is 5.73 Å². The summed E-state index contributed by atoms with van der Waals surface area (Å²) < 4.78 is 13.0. The largest absolute Gasteiger partial charge is 0.331 e. The third kappa shape index (κ3) is 4.59. The van der Waals surface area contributed by atoms with Crippen LogP contribution in [0.5, 0.6) is 0 Å². The molecule has 1 amide bonds. The van der Waals surface area contributed by atoms with Gasteiger partial charge in [-0.05, 0) is 23.6 Å². The van der Waals surface area contributed by atoms with Crippen molar-refractivity contribution >= 4 is 5.91 Å². The molecule has 0 bridgehead atoms. The highest BCUT2D eigenvalue weighted by Crippen LogP contribution is 2.13. The lowest BCUT2D eigenvalue weighted by molar-refractivity contribution is -0.124. The molecule has 2 aromatic rings. The van der Waals surface area contributed by atoms with Crippen molar-refractivity contribution in [2.75, 3.05) is 0 Å². The quantitative estimate of drug-likeness (QED) is 0.812. The van der Waals surface area contributed by atoms with Crippen LogP contribution in [0.2, 0.25) is 0 Å². The van der Waals surface area contributed by atoms with Crippen molar-refractivity contribution in [2.45, 2.75) is 38.9 Å². The van der Waals surface area contributed by atoms with Gasteiger partial charge in [-0.1, -0.05) is 32.4 Å². The summed E-state index contributed by atoms with van der Waals surface area (Å²) in [5, 5.41) is 11.0. The number of carbonyl (C=O) groups is 1. The first-order valence-electron chi connectivity index (χ1n) is 7.67. The number of nitrogens with one attached hydrogen (secondary N) is 1. The van der Waals surface area contributed by atoms with Gasteiger partial charge >= 0.3 is 0 Å². The van der Waals surface area contributed by atoms with Crippen LogP contribution in [0.3, 0.4) is 0 Å². The van der Waals surface area contributed by atoms with Crippen LogP contribution in [0.25, 0.3) is 0 Å². The zero-order valence-electron chi connectivity index (χ0n) is 13.3. The highest BCUT2D eigenvalue weighted by Gasteiger charge is 2.23. The zero-order chi connectivity index (χ0) is 16.8. The molecule has 0 saturated heterocycles. The van der Waals surface area contributed by atoms with Gasteiger partial charge in [-0.2, -0.15) is 15.0 Å². The van der Waals surface area contributed by atoms with E-state index in [0.29, 0.717) is 6.42 Å². The number of halogens is 1. The Balaban J connectivity index is 2.12. The molecule has 3 atom stereocenters. The average molecular weight is 319 g/mol. The second-order valence-corrected chi connectivity index (χ2v) is 5.62. The van der Waals surface area contributed by atoms with E-state index in [9.17, 15) is 9.18 Å². The topological polar surface area (TPSA) is 85.8 Å². The Morgan fingerprint density at radius 2 is 1.91 bits per heavy atom. The fourth-order valence-corrected chi connectivity index (χ4v) is 2.19. The van der Waals surface area contributed by atoms with Crippen LogP contribution in [0.1, 0.15) is 32.0 Å². The van der Waals surface area contributed by atoms with Crippen molar-refractivity contribution in [1.29, 1.82) is 0 Å². The van der Waals surface area contributed by atoms with Crippen molar-refractivity contribution in [3.05, 3.63) is 48.0 Å². The van der Waals surface area contributed by atoms with Gasteiger partial charge in [0.2, 0.25) is 5.91 Å². The van der Waals surface area contributed by atoms with E-state index in [1.54, 1.807) is 24.5 Å². The minimum absolute atomic E-state index is 0.0760. The highest BCUT2D eigenvalue weighted by molar-refractivity contribution is 5.81. The maximum absolute atomic E-state index is 13.0. The highest BCUT2D eigenvalue weighted by atomic mass is 19.1. The molecule has 0 unspecified atom stereocenters. The minimum Gasteiger partial charge on any atom is -0.331 e. The van der Waals surface area contributed by atoms with Gasteiger partial charge in [-0.3, -0.25) is 4.79 Å². The molecule has 3 N–H and O–H groups in total. The van der Waals surface area contributed by atoms with Gasteiger partial charge in [0.15, 0.2) is 0 Å². The lowest BCUT2D eigenvalue weighted by atomic mass is 9.99. The van der Waals surface area contributed by atoms with Gasteiger partial charge in [0, 0.05) is 6.42 Å². The van der Waals surface area contributed by atoms with E-state index < -0.39 is 12.2 Å². The monoisotopic (exact) mass is 319 g/mol. The fourth-order valence-electron chi connectivity index (χ4n) is 2.19. The third-order valence-electron chi connectivity index (χ3n) is 3.93. The zero-order valence-corrected chi connectivity index (χ0v) is 13.3. The molecular formula is C16H22FN5O. The molecule has 1 aromatic heterocycles. The van der Waals surface area contributed by atoms with Crippen LogP contribution in [-0.2, 0) is 11.2 Å². The van der Waals surface area contributed by atoms with Crippen LogP contribution in [-0.4, -0.2) is 26.9 Å². The minimum atomic E-state index is -0.591. The van der Waals surface area contributed by atoms with Crippen molar-refractivity contribution in [1.82, 2.24) is 20.3 Å². The second-order valence-electron chi connectivity index (χ2n) is 5.62. The normalized spacial score (nSPS) is 15.0. The molecule has 0 aliphatic heterocycles. The predicted octanol–water partition coefficient (Wildman–Crippen LogP) is 1.65. The maximum Gasteiger partial charge on any atom is 0.238 e. The van der Waals surface area contributed by atoms with E-state index in [1.165, 1.54) is 16.9 Å². The van der Waals surface area contributed by atoms with Crippen molar-refractivity contribution in [3.8, 4) is 0 Å².